The molecule has 4 nitrogen and oxygen atoms in total. The molecule has 1 atom stereocenters. The van der Waals surface area contributed by atoms with E-state index in [0.29, 0.717) is 17.5 Å². The van der Waals surface area contributed by atoms with Crippen molar-refractivity contribution in [3.8, 4) is 0 Å². The highest BCUT2D eigenvalue weighted by Crippen LogP contribution is 2.17. The standard InChI is InChI=1S/C12H18N2O2S/c1-10(11-2-6-13-7-3-11)14-12-4-8-17(15,16)9-5-12/h2-3,6-7,10,12,14H,4-5,8-9H2,1H3/t10-/m0/s1. The quantitative estimate of drug-likeness (QED) is 0.883. The van der Waals surface area contributed by atoms with Gasteiger partial charge in [0.05, 0.1) is 11.5 Å². The predicted octanol–water partition coefficient (Wildman–Crippen LogP) is 1.31. The Bertz CT molecular complexity index is 445. The normalized spacial score (nSPS) is 22.2. The van der Waals surface area contributed by atoms with E-state index in [2.05, 4.69) is 17.2 Å². The third kappa shape index (κ3) is 3.51. The highest BCUT2D eigenvalue weighted by atomic mass is 32.2. The van der Waals surface area contributed by atoms with E-state index in [1.807, 2.05) is 12.1 Å². The van der Waals surface area contributed by atoms with Gasteiger partial charge in [-0.15, -0.1) is 0 Å². The first-order chi connectivity index (χ1) is 8.07. The molecule has 94 valence electrons. The average Bonchev–Trinajstić information content (AvgIpc) is 2.33. The fourth-order valence-electron chi connectivity index (χ4n) is 2.16. The zero-order chi connectivity index (χ0) is 12.3. The van der Waals surface area contributed by atoms with Crippen LogP contribution < -0.4 is 5.32 Å². The van der Waals surface area contributed by atoms with Crippen LogP contribution in [0.2, 0.25) is 0 Å². The maximum Gasteiger partial charge on any atom is 0.150 e. The highest BCUT2D eigenvalue weighted by Gasteiger charge is 2.24. The van der Waals surface area contributed by atoms with E-state index < -0.39 is 9.84 Å². The number of nitrogens with zero attached hydrogens (tertiary/aromatic N) is 1. The summed E-state index contributed by atoms with van der Waals surface area (Å²) in [7, 11) is -2.77. The average molecular weight is 254 g/mol. The molecule has 17 heavy (non-hydrogen) atoms. The summed E-state index contributed by atoms with van der Waals surface area (Å²) < 4.78 is 22.6. The first kappa shape index (κ1) is 12.5. The van der Waals surface area contributed by atoms with Crippen LogP contribution in [0.3, 0.4) is 0 Å². The van der Waals surface area contributed by atoms with Gasteiger partial charge in [0, 0.05) is 24.5 Å². The summed E-state index contributed by atoms with van der Waals surface area (Å²) in [5.74, 6) is 0.626. The predicted molar refractivity (Wildman–Crippen MR) is 67.5 cm³/mol. The molecule has 0 aliphatic carbocycles. The molecular formula is C12H18N2O2S. The minimum Gasteiger partial charge on any atom is -0.307 e. The van der Waals surface area contributed by atoms with Crippen molar-refractivity contribution in [3.63, 3.8) is 0 Å². The smallest absolute Gasteiger partial charge is 0.150 e. The third-order valence-corrected chi connectivity index (χ3v) is 4.96. The molecule has 1 aliphatic rings. The Morgan fingerprint density at radius 2 is 1.88 bits per heavy atom. The largest absolute Gasteiger partial charge is 0.307 e. The Kier molecular flexibility index (Phi) is 3.79. The number of pyridine rings is 1. The second-order valence-electron chi connectivity index (χ2n) is 4.59. The first-order valence-electron chi connectivity index (χ1n) is 5.93. The Morgan fingerprint density at radius 3 is 2.47 bits per heavy atom. The maximum atomic E-state index is 11.3. The lowest BCUT2D eigenvalue weighted by Crippen LogP contribution is -2.38. The van der Waals surface area contributed by atoms with Crippen molar-refractivity contribution in [2.24, 2.45) is 0 Å². The molecule has 1 aliphatic heterocycles. The van der Waals surface area contributed by atoms with Gasteiger partial charge in [0.2, 0.25) is 0 Å². The number of hydrogen-bond donors (Lipinski definition) is 1. The molecule has 2 heterocycles. The molecular weight excluding hydrogens is 236 g/mol. The van der Waals surface area contributed by atoms with Gasteiger partial charge in [0.1, 0.15) is 9.84 Å². The van der Waals surface area contributed by atoms with Gasteiger partial charge in [-0.2, -0.15) is 0 Å². The van der Waals surface area contributed by atoms with Gasteiger partial charge in [-0.25, -0.2) is 8.42 Å². The summed E-state index contributed by atoms with van der Waals surface area (Å²) in [6.07, 6.45) is 4.99. The van der Waals surface area contributed by atoms with Gasteiger partial charge in [0.15, 0.2) is 0 Å². The summed E-state index contributed by atoms with van der Waals surface area (Å²) in [6.45, 7) is 2.10. The van der Waals surface area contributed by atoms with Gasteiger partial charge >= 0.3 is 0 Å². The van der Waals surface area contributed by atoms with E-state index in [0.717, 1.165) is 12.8 Å². The summed E-state index contributed by atoms with van der Waals surface area (Å²) >= 11 is 0. The molecule has 0 bridgehead atoms. The van der Waals surface area contributed by atoms with Crippen molar-refractivity contribution >= 4 is 9.84 Å². The molecule has 1 aromatic rings. The molecule has 2 rings (SSSR count). The van der Waals surface area contributed by atoms with Crippen LogP contribution in [0.4, 0.5) is 0 Å². The van der Waals surface area contributed by atoms with Crippen LogP contribution in [0, 0.1) is 0 Å². The number of hydrogen-bond acceptors (Lipinski definition) is 4. The Morgan fingerprint density at radius 1 is 1.29 bits per heavy atom. The Labute approximate surface area is 102 Å². The summed E-state index contributed by atoms with van der Waals surface area (Å²) in [5, 5.41) is 3.48. The van der Waals surface area contributed by atoms with E-state index >= 15 is 0 Å². The molecule has 0 saturated carbocycles. The summed E-state index contributed by atoms with van der Waals surface area (Å²) in [4.78, 5) is 3.99. The molecule has 0 spiro atoms. The summed E-state index contributed by atoms with van der Waals surface area (Å²) in [6, 6.07) is 4.51. The van der Waals surface area contributed by atoms with E-state index in [4.69, 9.17) is 0 Å². The van der Waals surface area contributed by atoms with Gasteiger partial charge in [-0.3, -0.25) is 4.98 Å². The van der Waals surface area contributed by atoms with Crippen LogP contribution in [-0.4, -0.2) is 30.9 Å². The maximum absolute atomic E-state index is 11.3. The minimum atomic E-state index is -2.77. The SMILES string of the molecule is C[C@H](NC1CCS(=O)(=O)CC1)c1ccncc1. The fraction of sp³-hybridized carbons (Fsp3) is 0.583. The van der Waals surface area contributed by atoms with Crippen molar-refractivity contribution in [2.45, 2.75) is 31.8 Å². The van der Waals surface area contributed by atoms with E-state index in [9.17, 15) is 8.42 Å². The van der Waals surface area contributed by atoms with Crippen LogP contribution in [0.1, 0.15) is 31.4 Å². The lowest BCUT2D eigenvalue weighted by Gasteiger charge is -2.26. The lowest BCUT2D eigenvalue weighted by molar-refractivity contribution is 0.420. The minimum absolute atomic E-state index is 0.240. The summed E-state index contributed by atoms with van der Waals surface area (Å²) in [5.41, 5.74) is 1.19. The zero-order valence-corrected chi connectivity index (χ0v) is 10.8. The molecule has 1 fully saturated rings. The van der Waals surface area contributed by atoms with Gasteiger partial charge < -0.3 is 5.32 Å². The second-order valence-corrected chi connectivity index (χ2v) is 6.90. The van der Waals surface area contributed by atoms with Crippen molar-refractivity contribution in [1.82, 2.24) is 10.3 Å². The van der Waals surface area contributed by atoms with Crippen molar-refractivity contribution < 1.29 is 8.42 Å². The Balaban J connectivity index is 1.90. The monoisotopic (exact) mass is 254 g/mol. The van der Waals surface area contributed by atoms with Crippen LogP contribution in [0.25, 0.3) is 0 Å². The number of sulfone groups is 1. The topological polar surface area (TPSA) is 59.1 Å². The highest BCUT2D eigenvalue weighted by molar-refractivity contribution is 7.91. The van der Waals surface area contributed by atoms with E-state index in [-0.39, 0.29) is 6.04 Å². The van der Waals surface area contributed by atoms with Crippen LogP contribution >= 0.6 is 0 Å². The van der Waals surface area contributed by atoms with Gasteiger partial charge in [0.25, 0.3) is 0 Å². The van der Waals surface area contributed by atoms with E-state index in [1.54, 1.807) is 12.4 Å². The molecule has 1 aromatic heterocycles. The molecule has 1 saturated heterocycles. The van der Waals surface area contributed by atoms with Gasteiger partial charge in [-0.05, 0) is 37.5 Å². The molecule has 0 radical (unpaired) electrons. The molecule has 0 amide bonds. The van der Waals surface area contributed by atoms with Gasteiger partial charge in [-0.1, -0.05) is 0 Å². The number of aromatic nitrogens is 1. The lowest BCUT2D eigenvalue weighted by atomic mass is 10.1. The third-order valence-electron chi connectivity index (χ3n) is 3.25. The van der Waals surface area contributed by atoms with Crippen LogP contribution in [0.5, 0.6) is 0 Å². The molecule has 1 N–H and O–H groups in total. The van der Waals surface area contributed by atoms with Crippen molar-refractivity contribution in [3.05, 3.63) is 30.1 Å². The Hall–Kier alpha value is -0.940. The molecule has 5 heteroatoms. The van der Waals surface area contributed by atoms with E-state index in [1.165, 1.54) is 5.56 Å². The van der Waals surface area contributed by atoms with Crippen molar-refractivity contribution in [2.75, 3.05) is 11.5 Å². The second kappa shape index (κ2) is 5.14. The number of rotatable bonds is 3. The van der Waals surface area contributed by atoms with Crippen molar-refractivity contribution in [1.29, 1.82) is 0 Å². The zero-order valence-electron chi connectivity index (χ0n) is 9.96. The number of nitrogens with one attached hydrogen (secondary N) is 1. The molecule has 0 aromatic carbocycles. The molecule has 0 unspecified atom stereocenters. The van der Waals surface area contributed by atoms with Crippen LogP contribution in [-0.2, 0) is 9.84 Å². The van der Waals surface area contributed by atoms with Crippen LogP contribution in [0.15, 0.2) is 24.5 Å². The fourth-order valence-corrected chi connectivity index (χ4v) is 3.65. The first-order valence-corrected chi connectivity index (χ1v) is 7.75.